The summed E-state index contributed by atoms with van der Waals surface area (Å²) in [6, 6.07) is 3.70. The minimum absolute atomic E-state index is 0.0199. The largest absolute Gasteiger partial charge is 0.480 e. The van der Waals surface area contributed by atoms with Gasteiger partial charge in [0.1, 0.15) is 11.9 Å². The lowest BCUT2D eigenvalue weighted by Gasteiger charge is -2.15. The standard InChI is InChI=1S/C16H17FN2O4/c1-2-3-4-12(16(22)23)19-15(21)11-8-14(20)18-13-7-9(17)5-6-10(11)13/h5-8,12H,2-4H2,1H3,(H,18,20)(H,19,21)(H,22,23)/t12-/m0/s1. The summed E-state index contributed by atoms with van der Waals surface area (Å²) in [5.41, 5.74) is -0.358. The van der Waals surface area contributed by atoms with Gasteiger partial charge in [-0.2, -0.15) is 0 Å². The first-order valence-electron chi connectivity index (χ1n) is 7.28. The van der Waals surface area contributed by atoms with Crippen LogP contribution >= 0.6 is 0 Å². The van der Waals surface area contributed by atoms with Crippen molar-refractivity contribution in [2.24, 2.45) is 0 Å². The molecule has 122 valence electrons. The second-order valence-corrected chi connectivity index (χ2v) is 5.24. The van der Waals surface area contributed by atoms with E-state index in [9.17, 15) is 18.8 Å². The summed E-state index contributed by atoms with van der Waals surface area (Å²) in [4.78, 5) is 37.6. The number of carbonyl (C=O) groups is 2. The van der Waals surface area contributed by atoms with E-state index in [2.05, 4.69) is 10.3 Å². The van der Waals surface area contributed by atoms with Gasteiger partial charge in [-0.1, -0.05) is 19.8 Å². The normalized spacial score (nSPS) is 12.1. The Balaban J connectivity index is 2.37. The van der Waals surface area contributed by atoms with Crippen LogP contribution in [-0.2, 0) is 4.79 Å². The summed E-state index contributed by atoms with van der Waals surface area (Å²) < 4.78 is 13.3. The number of aromatic nitrogens is 1. The zero-order valence-electron chi connectivity index (χ0n) is 12.6. The van der Waals surface area contributed by atoms with Gasteiger partial charge < -0.3 is 15.4 Å². The van der Waals surface area contributed by atoms with Crippen LogP contribution in [0, 0.1) is 5.82 Å². The molecule has 0 aliphatic carbocycles. The van der Waals surface area contributed by atoms with Crippen LogP contribution in [-0.4, -0.2) is 28.0 Å². The molecule has 2 rings (SSSR count). The van der Waals surface area contributed by atoms with Crippen LogP contribution in [0.3, 0.4) is 0 Å². The van der Waals surface area contributed by atoms with Crippen molar-refractivity contribution < 1.29 is 19.1 Å². The molecular weight excluding hydrogens is 303 g/mol. The van der Waals surface area contributed by atoms with Gasteiger partial charge in [0.25, 0.3) is 5.91 Å². The fourth-order valence-electron chi connectivity index (χ4n) is 2.32. The molecule has 0 fully saturated rings. The summed E-state index contributed by atoms with van der Waals surface area (Å²) >= 11 is 0. The molecule has 1 amide bonds. The number of hydrogen-bond donors (Lipinski definition) is 3. The molecule has 0 spiro atoms. The van der Waals surface area contributed by atoms with E-state index in [0.717, 1.165) is 18.6 Å². The lowest BCUT2D eigenvalue weighted by molar-refractivity contribution is -0.139. The number of unbranched alkanes of at least 4 members (excludes halogenated alkanes) is 1. The Hall–Kier alpha value is -2.70. The van der Waals surface area contributed by atoms with E-state index in [1.54, 1.807) is 0 Å². The van der Waals surface area contributed by atoms with Gasteiger partial charge >= 0.3 is 5.97 Å². The summed E-state index contributed by atoms with van der Waals surface area (Å²) in [7, 11) is 0. The predicted octanol–water partition coefficient (Wildman–Crippen LogP) is 2.04. The second kappa shape index (κ2) is 7.04. The molecule has 0 aliphatic rings. The van der Waals surface area contributed by atoms with Gasteiger partial charge in [0.15, 0.2) is 0 Å². The molecule has 7 heteroatoms. The number of amides is 1. The minimum atomic E-state index is -1.13. The van der Waals surface area contributed by atoms with Gasteiger partial charge in [-0.25, -0.2) is 9.18 Å². The van der Waals surface area contributed by atoms with Gasteiger partial charge in [-0.3, -0.25) is 9.59 Å². The number of carboxylic acid groups (broad SMARTS) is 1. The quantitative estimate of drug-likeness (QED) is 0.758. The Kier molecular flexibility index (Phi) is 5.10. The Morgan fingerprint density at radius 1 is 1.35 bits per heavy atom. The number of nitrogens with one attached hydrogen (secondary N) is 2. The average molecular weight is 320 g/mol. The zero-order chi connectivity index (χ0) is 17.0. The van der Waals surface area contributed by atoms with Crippen molar-refractivity contribution in [3.05, 3.63) is 46.0 Å². The average Bonchev–Trinajstić information content (AvgIpc) is 2.49. The molecule has 0 bridgehead atoms. The Labute approximate surface area is 131 Å². The summed E-state index contributed by atoms with van der Waals surface area (Å²) in [5, 5.41) is 11.9. The molecule has 23 heavy (non-hydrogen) atoms. The molecular formula is C16H17FN2O4. The van der Waals surface area contributed by atoms with Gasteiger partial charge in [0.05, 0.1) is 11.1 Å². The SMILES string of the molecule is CCCC[C@H](NC(=O)c1cc(=O)[nH]c2cc(F)ccc12)C(=O)O. The molecule has 2 aromatic rings. The van der Waals surface area contributed by atoms with E-state index in [1.165, 1.54) is 12.1 Å². The molecule has 3 N–H and O–H groups in total. The number of H-pyrrole nitrogens is 1. The maximum atomic E-state index is 13.3. The molecule has 0 radical (unpaired) electrons. The van der Waals surface area contributed by atoms with E-state index < -0.39 is 29.3 Å². The van der Waals surface area contributed by atoms with Crippen molar-refractivity contribution in [3.8, 4) is 0 Å². The zero-order valence-corrected chi connectivity index (χ0v) is 12.6. The Bertz CT molecular complexity index is 800. The monoisotopic (exact) mass is 320 g/mol. The van der Waals surface area contributed by atoms with Crippen LogP contribution in [0.15, 0.2) is 29.1 Å². The van der Waals surface area contributed by atoms with Crippen molar-refractivity contribution in [2.45, 2.75) is 32.2 Å². The number of carboxylic acids is 1. The summed E-state index contributed by atoms with van der Waals surface area (Å²) in [6.45, 7) is 1.92. The predicted molar refractivity (Wildman–Crippen MR) is 82.9 cm³/mol. The highest BCUT2D eigenvalue weighted by Gasteiger charge is 2.21. The van der Waals surface area contributed by atoms with Crippen LogP contribution in [0.4, 0.5) is 4.39 Å². The number of pyridine rings is 1. The number of rotatable bonds is 6. The minimum Gasteiger partial charge on any atom is -0.480 e. The third-order valence-electron chi connectivity index (χ3n) is 3.50. The van der Waals surface area contributed by atoms with Crippen molar-refractivity contribution in [1.29, 1.82) is 0 Å². The molecule has 1 heterocycles. The van der Waals surface area contributed by atoms with E-state index in [-0.39, 0.29) is 11.1 Å². The van der Waals surface area contributed by atoms with Crippen LogP contribution in [0.5, 0.6) is 0 Å². The number of halogens is 1. The van der Waals surface area contributed by atoms with E-state index in [1.807, 2.05) is 6.92 Å². The first-order valence-corrected chi connectivity index (χ1v) is 7.28. The maximum Gasteiger partial charge on any atom is 0.326 e. The number of hydrogen-bond acceptors (Lipinski definition) is 3. The first kappa shape index (κ1) is 16.7. The van der Waals surface area contributed by atoms with Crippen LogP contribution in [0.1, 0.15) is 36.5 Å². The van der Waals surface area contributed by atoms with E-state index in [0.29, 0.717) is 18.2 Å². The molecule has 1 atom stereocenters. The summed E-state index contributed by atoms with van der Waals surface area (Å²) in [6.07, 6.45) is 1.75. The number of carbonyl (C=O) groups excluding carboxylic acids is 1. The molecule has 0 saturated carbocycles. The second-order valence-electron chi connectivity index (χ2n) is 5.24. The van der Waals surface area contributed by atoms with Gasteiger partial charge in [-0.15, -0.1) is 0 Å². The molecule has 0 saturated heterocycles. The smallest absolute Gasteiger partial charge is 0.326 e. The molecule has 1 aromatic heterocycles. The number of aromatic amines is 1. The molecule has 1 aromatic carbocycles. The number of benzene rings is 1. The molecule has 6 nitrogen and oxygen atoms in total. The number of aliphatic carboxylic acids is 1. The highest BCUT2D eigenvalue weighted by molar-refractivity contribution is 6.06. The van der Waals surface area contributed by atoms with Crippen LogP contribution < -0.4 is 10.9 Å². The van der Waals surface area contributed by atoms with Crippen LogP contribution in [0.2, 0.25) is 0 Å². The van der Waals surface area contributed by atoms with Crippen molar-refractivity contribution in [2.75, 3.05) is 0 Å². The van der Waals surface area contributed by atoms with Crippen molar-refractivity contribution >= 4 is 22.8 Å². The third kappa shape index (κ3) is 3.94. The van der Waals surface area contributed by atoms with Crippen LogP contribution in [0.25, 0.3) is 10.9 Å². The van der Waals surface area contributed by atoms with Gasteiger partial charge in [-0.05, 0) is 24.6 Å². The first-order chi connectivity index (χ1) is 10.9. The van der Waals surface area contributed by atoms with E-state index in [4.69, 9.17) is 5.11 Å². The highest BCUT2D eigenvalue weighted by atomic mass is 19.1. The third-order valence-corrected chi connectivity index (χ3v) is 3.50. The summed E-state index contributed by atoms with van der Waals surface area (Å²) in [5.74, 6) is -2.35. The topological polar surface area (TPSA) is 99.3 Å². The molecule has 0 aliphatic heterocycles. The van der Waals surface area contributed by atoms with Crippen molar-refractivity contribution in [3.63, 3.8) is 0 Å². The van der Waals surface area contributed by atoms with Gasteiger partial charge in [0.2, 0.25) is 5.56 Å². The number of fused-ring (bicyclic) bond motifs is 1. The van der Waals surface area contributed by atoms with Crippen molar-refractivity contribution in [1.82, 2.24) is 10.3 Å². The fourth-order valence-corrected chi connectivity index (χ4v) is 2.32. The lowest BCUT2D eigenvalue weighted by Crippen LogP contribution is -2.41. The lowest BCUT2D eigenvalue weighted by atomic mass is 10.1. The molecule has 0 unspecified atom stereocenters. The Morgan fingerprint density at radius 3 is 2.74 bits per heavy atom. The van der Waals surface area contributed by atoms with Gasteiger partial charge in [0, 0.05) is 11.5 Å². The Morgan fingerprint density at radius 2 is 2.09 bits per heavy atom. The fraction of sp³-hybridized carbons (Fsp3) is 0.312. The highest BCUT2D eigenvalue weighted by Crippen LogP contribution is 2.16. The van der Waals surface area contributed by atoms with E-state index >= 15 is 0 Å². The maximum absolute atomic E-state index is 13.3.